The minimum atomic E-state index is -0.0727. The van der Waals surface area contributed by atoms with Crippen LogP contribution >= 0.6 is 0 Å². The van der Waals surface area contributed by atoms with Gasteiger partial charge in [0.1, 0.15) is 6.33 Å². The second kappa shape index (κ2) is 8.39. The van der Waals surface area contributed by atoms with Gasteiger partial charge in [-0.25, -0.2) is 4.68 Å². The number of methoxy groups -OCH3 is 2. The van der Waals surface area contributed by atoms with Gasteiger partial charge >= 0.3 is 0 Å². The normalized spacial score (nSPS) is 20.1. The molecule has 2 aliphatic carbocycles. The van der Waals surface area contributed by atoms with Crippen LogP contribution in [0.25, 0.3) is 0 Å². The number of amides is 1. The van der Waals surface area contributed by atoms with Crippen molar-refractivity contribution in [2.45, 2.75) is 64.0 Å². The molecule has 0 bridgehead atoms. The summed E-state index contributed by atoms with van der Waals surface area (Å²) in [5.41, 5.74) is 2.28. The molecule has 0 radical (unpaired) electrons. The number of ether oxygens (including phenoxy) is 2. The van der Waals surface area contributed by atoms with Crippen LogP contribution in [-0.2, 0) is 17.8 Å². The van der Waals surface area contributed by atoms with E-state index in [2.05, 4.69) is 20.8 Å². The molecule has 1 amide bonds. The van der Waals surface area contributed by atoms with Gasteiger partial charge in [-0.05, 0) is 64.8 Å². The highest BCUT2D eigenvalue weighted by molar-refractivity contribution is 5.77. The summed E-state index contributed by atoms with van der Waals surface area (Å²) in [5, 5.41) is 14.8. The maximum absolute atomic E-state index is 13.1. The molecule has 8 nitrogen and oxygen atoms in total. The molecule has 0 spiro atoms. The average molecular weight is 399 g/mol. The Morgan fingerprint density at radius 3 is 2.66 bits per heavy atom. The van der Waals surface area contributed by atoms with Gasteiger partial charge in [-0.3, -0.25) is 4.79 Å². The van der Waals surface area contributed by atoms with E-state index >= 15 is 0 Å². The fourth-order valence-electron chi connectivity index (χ4n) is 4.96. The molecule has 1 aromatic heterocycles. The predicted octanol–water partition coefficient (Wildman–Crippen LogP) is 2.83. The van der Waals surface area contributed by atoms with E-state index in [1.165, 1.54) is 12.0 Å². The van der Waals surface area contributed by atoms with Crippen LogP contribution in [0.3, 0.4) is 0 Å². The Labute approximate surface area is 171 Å². The molecule has 1 heterocycles. The lowest BCUT2D eigenvalue weighted by Gasteiger charge is -2.36. The highest BCUT2D eigenvalue weighted by atomic mass is 16.5. The van der Waals surface area contributed by atoms with E-state index in [0.717, 1.165) is 49.8 Å². The quantitative estimate of drug-likeness (QED) is 0.770. The number of hydrogen-bond donors (Lipinski definition) is 1. The first kappa shape index (κ1) is 19.7. The summed E-state index contributed by atoms with van der Waals surface area (Å²) < 4.78 is 12.6. The third-order valence-electron chi connectivity index (χ3n) is 6.40. The predicted molar refractivity (Wildman–Crippen MR) is 107 cm³/mol. The van der Waals surface area contributed by atoms with E-state index in [9.17, 15) is 4.79 Å². The van der Waals surface area contributed by atoms with E-state index in [-0.39, 0.29) is 17.4 Å². The van der Waals surface area contributed by atoms with Crippen molar-refractivity contribution in [3.63, 3.8) is 0 Å². The van der Waals surface area contributed by atoms with Crippen molar-refractivity contribution in [3.8, 4) is 11.5 Å². The number of hydrogen-bond acceptors (Lipinski definition) is 6. The van der Waals surface area contributed by atoms with Crippen LogP contribution in [-0.4, -0.2) is 40.3 Å². The van der Waals surface area contributed by atoms with Crippen molar-refractivity contribution >= 4 is 5.91 Å². The lowest BCUT2D eigenvalue weighted by molar-refractivity contribution is -0.125. The molecule has 29 heavy (non-hydrogen) atoms. The number of aromatic nitrogens is 4. The van der Waals surface area contributed by atoms with E-state index in [0.29, 0.717) is 18.7 Å². The molecule has 8 heteroatoms. The van der Waals surface area contributed by atoms with Gasteiger partial charge in [-0.15, -0.1) is 5.10 Å². The van der Waals surface area contributed by atoms with Crippen LogP contribution in [0.2, 0.25) is 0 Å². The molecule has 0 aliphatic heterocycles. The van der Waals surface area contributed by atoms with E-state index < -0.39 is 0 Å². The number of nitrogens with zero attached hydrogens (tertiary/aromatic N) is 4. The molecule has 1 fully saturated rings. The molecular formula is C21H29N5O3. The molecule has 1 unspecified atom stereocenters. The van der Waals surface area contributed by atoms with Crippen LogP contribution in [0, 0.1) is 5.41 Å². The minimum absolute atomic E-state index is 0.0194. The van der Waals surface area contributed by atoms with E-state index in [1.54, 1.807) is 25.2 Å². The summed E-state index contributed by atoms with van der Waals surface area (Å²) in [6, 6.07) is 4.05. The standard InChI is InChI=1S/C21H29N5O3/c1-28-18-10-15-6-7-17(16(15)11-19(18)29-2)23-20(27)12-21(8-4-3-5-9-21)13-26-14-22-24-25-26/h10-11,14,17H,3-9,12-13H2,1-2H3,(H,23,27). The van der Waals surface area contributed by atoms with E-state index in [4.69, 9.17) is 9.47 Å². The lowest BCUT2D eigenvalue weighted by Crippen LogP contribution is -2.37. The highest BCUT2D eigenvalue weighted by Crippen LogP contribution is 2.42. The molecule has 1 N–H and O–H groups in total. The number of fused-ring (bicyclic) bond motifs is 1. The molecule has 1 aromatic carbocycles. The van der Waals surface area contributed by atoms with Crippen LogP contribution in [0.15, 0.2) is 18.5 Å². The molecule has 1 atom stereocenters. The number of nitrogens with one attached hydrogen (secondary N) is 1. The second-order valence-electron chi connectivity index (χ2n) is 8.31. The number of rotatable bonds is 7. The van der Waals surface area contributed by atoms with Crippen LogP contribution in [0.1, 0.15) is 62.1 Å². The Morgan fingerprint density at radius 2 is 1.97 bits per heavy atom. The van der Waals surface area contributed by atoms with Crippen LogP contribution < -0.4 is 14.8 Å². The number of carbonyl (C=O) groups excluding carboxylic acids is 1. The SMILES string of the molecule is COc1cc2c(cc1OC)C(NC(=O)CC1(Cn3cnnn3)CCCCC1)CC2. The number of benzene rings is 1. The fraction of sp³-hybridized carbons (Fsp3) is 0.619. The van der Waals surface area contributed by atoms with Crippen molar-refractivity contribution in [3.05, 3.63) is 29.6 Å². The van der Waals surface area contributed by atoms with Crippen molar-refractivity contribution in [2.24, 2.45) is 5.41 Å². The smallest absolute Gasteiger partial charge is 0.221 e. The van der Waals surface area contributed by atoms with Crippen molar-refractivity contribution in [1.29, 1.82) is 0 Å². The van der Waals surface area contributed by atoms with Crippen LogP contribution in [0.5, 0.6) is 11.5 Å². The zero-order chi connectivity index (χ0) is 20.3. The summed E-state index contributed by atoms with van der Waals surface area (Å²) in [7, 11) is 3.28. The molecule has 0 saturated heterocycles. The minimum Gasteiger partial charge on any atom is -0.493 e. The Balaban J connectivity index is 1.47. The topological polar surface area (TPSA) is 91.2 Å². The first-order valence-corrected chi connectivity index (χ1v) is 10.4. The van der Waals surface area contributed by atoms with Gasteiger partial charge < -0.3 is 14.8 Å². The van der Waals surface area contributed by atoms with Gasteiger partial charge in [-0.2, -0.15) is 0 Å². The summed E-state index contributed by atoms with van der Waals surface area (Å²) in [5.74, 6) is 1.54. The number of aryl methyl sites for hydroxylation is 1. The lowest BCUT2D eigenvalue weighted by atomic mass is 9.71. The second-order valence-corrected chi connectivity index (χ2v) is 8.31. The maximum atomic E-state index is 13.1. The van der Waals surface area contributed by atoms with Gasteiger partial charge in [0.2, 0.25) is 5.91 Å². The Hall–Kier alpha value is -2.64. The third kappa shape index (κ3) is 4.21. The van der Waals surface area contributed by atoms with Crippen molar-refractivity contribution in [2.75, 3.05) is 14.2 Å². The van der Waals surface area contributed by atoms with Gasteiger partial charge in [0.15, 0.2) is 11.5 Å². The Morgan fingerprint density at radius 1 is 1.21 bits per heavy atom. The third-order valence-corrected chi connectivity index (χ3v) is 6.40. The monoisotopic (exact) mass is 399 g/mol. The van der Waals surface area contributed by atoms with Gasteiger partial charge in [0, 0.05) is 6.42 Å². The van der Waals surface area contributed by atoms with E-state index in [1.807, 2.05) is 12.1 Å². The first-order valence-electron chi connectivity index (χ1n) is 10.4. The van der Waals surface area contributed by atoms with Crippen molar-refractivity contribution in [1.82, 2.24) is 25.5 Å². The summed E-state index contributed by atoms with van der Waals surface area (Å²) in [4.78, 5) is 13.1. The first-order chi connectivity index (χ1) is 14.1. The van der Waals surface area contributed by atoms with Gasteiger partial charge in [0.05, 0.1) is 26.8 Å². The molecule has 4 rings (SSSR count). The maximum Gasteiger partial charge on any atom is 0.221 e. The highest BCUT2D eigenvalue weighted by Gasteiger charge is 2.36. The Kier molecular flexibility index (Phi) is 5.69. The number of tetrazole rings is 1. The molecule has 1 saturated carbocycles. The average Bonchev–Trinajstić information content (AvgIpc) is 3.37. The zero-order valence-electron chi connectivity index (χ0n) is 17.2. The van der Waals surface area contributed by atoms with Gasteiger partial charge in [0.25, 0.3) is 0 Å². The largest absolute Gasteiger partial charge is 0.493 e. The van der Waals surface area contributed by atoms with Crippen LogP contribution in [0.4, 0.5) is 0 Å². The molecule has 156 valence electrons. The Bertz CT molecular complexity index is 846. The molecule has 2 aliphatic rings. The zero-order valence-corrected chi connectivity index (χ0v) is 17.2. The molecule has 2 aromatic rings. The summed E-state index contributed by atoms with van der Waals surface area (Å²) in [6.07, 6.45) is 9.58. The summed E-state index contributed by atoms with van der Waals surface area (Å²) >= 11 is 0. The van der Waals surface area contributed by atoms with Crippen molar-refractivity contribution < 1.29 is 14.3 Å². The van der Waals surface area contributed by atoms with Gasteiger partial charge in [-0.1, -0.05) is 19.3 Å². The fourth-order valence-corrected chi connectivity index (χ4v) is 4.96. The molecular weight excluding hydrogens is 370 g/mol. The summed E-state index contributed by atoms with van der Waals surface area (Å²) in [6.45, 7) is 0.694. The number of carbonyl (C=O) groups is 1.